The van der Waals surface area contributed by atoms with Gasteiger partial charge in [0, 0.05) is 18.3 Å². The largest absolute Gasteiger partial charge is 0.342 e. The van der Waals surface area contributed by atoms with E-state index in [9.17, 15) is 4.79 Å². The summed E-state index contributed by atoms with van der Waals surface area (Å²) in [4.78, 5) is 12.3. The lowest BCUT2D eigenvalue weighted by molar-refractivity contribution is -0.122. The fourth-order valence-corrected chi connectivity index (χ4v) is 2.30. The summed E-state index contributed by atoms with van der Waals surface area (Å²) in [6.07, 6.45) is 3.21. The van der Waals surface area contributed by atoms with Crippen LogP contribution in [0.5, 0.6) is 0 Å². The Bertz CT molecular complexity index is 782. The number of aromatic nitrogens is 6. The third-order valence-electron chi connectivity index (χ3n) is 3.24. The van der Waals surface area contributed by atoms with E-state index in [2.05, 4.69) is 25.9 Å². The molecule has 1 aromatic carbocycles. The minimum atomic E-state index is -0.377. The molecule has 1 N–H and O–H groups in total. The quantitative estimate of drug-likeness (QED) is 0.752. The predicted octanol–water partition coefficient (Wildman–Crippen LogP) is 0.966. The van der Waals surface area contributed by atoms with Gasteiger partial charge in [-0.05, 0) is 34.2 Å². The summed E-state index contributed by atoms with van der Waals surface area (Å²) >= 11 is 5.93. The second-order valence-corrected chi connectivity index (χ2v) is 5.41. The molecule has 0 bridgehead atoms. The van der Waals surface area contributed by atoms with Crippen molar-refractivity contribution in [2.75, 3.05) is 0 Å². The summed E-state index contributed by atoms with van der Waals surface area (Å²) < 4.78 is 3.04. The van der Waals surface area contributed by atoms with Crippen LogP contribution in [0, 0.1) is 0 Å². The molecule has 0 radical (unpaired) electrons. The molecule has 2 heterocycles. The Hall–Kier alpha value is -2.74. The summed E-state index contributed by atoms with van der Waals surface area (Å²) in [5.41, 5.74) is 1.62. The van der Waals surface area contributed by atoms with Crippen molar-refractivity contribution in [3.05, 3.63) is 59.1 Å². The molecule has 8 nitrogen and oxygen atoms in total. The van der Waals surface area contributed by atoms with Crippen molar-refractivity contribution >= 4 is 17.5 Å². The van der Waals surface area contributed by atoms with Crippen LogP contribution in [-0.4, -0.2) is 35.9 Å². The van der Waals surface area contributed by atoms with E-state index in [1.54, 1.807) is 16.8 Å². The van der Waals surface area contributed by atoms with Gasteiger partial charge in [0.1, 0.15) is 12.9 Å². The summed E-state index contributed by atoms with van der Waals surface area (Å²) in [6.45, 7) is 0.0317. The van der Waals surface area contributed by atoms with Crippen molar-refractivity contribution in [3.8, 4) is 0 Å². The molecule has 1 atom stereocenters. The summed E-state index contributed by atoms with van der Waals surface area (Å²) in [5.74, 6) is -0.220. The number of nitrogens with one attached hydrogen (secondary N) is 1. The molecular weight excluding hydrogens is 318 g/mol. The topological polar surface area (TPSA) is 90.5 Å². The number of nitrogens with zero attached hydrogens (tertiary/aromatic N) is 6. The number of carbonyl (C=O) groups is 1. The first-order chi connectivity index (χ1) is 11.1. The van der Waals surface area contributed by atoms with E-state index in [-0.39, 0.29) is 18.5 Å². The zero-order chi connectivity index (χ0) is 16.2. The number of tetrazole rings is 1. The Morgan fingerprint density at radius 3 is 2.70 bits per heavy atom. The maximum Gasteiger partial charge on any atom is 0.242 e. The SMILES string of the molecule is Cn1ccc([C@@H](NC(=O)Cn2cnnn2)c2ccc(Cl)cc2)n1. The van der Waals surface area contributed by atoms with Gasteiger partial charge in [0.25, 0.3) is 0 Å². The molecule has 0 aliphatic carbocycles. The van der Waals surface area contributed by atoms with E-state index >= 15 is 0 Å². The molecule has 1 amide bonds. The number of hydrogen-bond donors (Lipinski definition) is 1. The van der Waals surface area contributed by atoms with Crippen molar-refractivity contribution in [3.63, 3.8) is 0 Å². The van der Waals surface area contributed by atoms with Gasteiger partial charge in [-0.3, -0.25) is 9.48 Å². The van der Waals surface area contributed by atoms with Gasteiger partial charge in [0.15, 0.2) is 0 Å². The number of amides is 1. The molecule has 3 aromatic rings. The van der Waals surface area contributed by atoms with E-state index in [0.717, 1.165) is 11.3 Å². The maximum atomic E-state index is 12.3. The highest BCUT2D eigenvalue weighted by atomic mass is 35.5. The summed E-state index contributed by atoms with van der Waals surface area (Å²) in [5, 5.41) is 18.7. The highest BCUT2D eigenvalue weighted by molar-refractivity contribution is 6.30. The number of aryl methyl sites for hydroxylation is 1. The van der Waals surface area contributed by atoms with Gasteiger partial charge < -0.3 is 5.32 Å². The van der Waals surface area contributed by atoms with Crippen LogP contribution in [-0.2, 0) is 18.4 Å². The fourth-order valence-electron chi connectivity index (χ4n) is 2.18. The third-order valence-corrected chi connectivity index (χ3v) is 3.49. The standard InChI is InChI=1S/C14H14ClN7O/c1-21-7-6-12(18-21)14(10-2-4-11(15)5-3-10)17-13(23)8-22-9-16-19-20-22/h2-7,9,14H,8H2,1H3,(H,17,23)/t14-/m0/s1. The van der Waals surface area contributed by atoms with E-state index in [0.29, 0.717) is 5.02 Å². The summed E-state index contributed by atoms with van der Waals surface area (Å²) in [7, 11) is 1.82. The number of carbonyl (C=O) groups excluding carboxylic acids is 1. The van der Waals surface area contributed by atoms with Crippen LogP contribution < -0.4 is 5.32 Å². The van der Waals surface area contributed by atoms with Gasteiger partial charge in [0.2, 0.25) is 5.91 Å². The van der Waals surface area contributed by atoms with Crippen LogP contribution in [0.25, 0.3) is 0 Å². The molecule has 0 saturated heterocycles. The number of halogens is 1. The van der Waals surface area contributed by atoms with Crippen LogP contribution in [0.2, 0.25) is 5.02 Å². The molecule has 0 aliphatic rings. The van der Waals surface area contributed by atoms with Gasteiger partial charge in [-0.15, -0.1) is 5.10 Å². The Morgan fingerprint density at radius 2 is 2.09 bits per heavy atom. The molecule has 0 unspecified atom stereocenters. The lowest BCUT2D eigenvalue weighted by Gasteiger charge is -2.17. The van der Waals surface area contributed by atoms with Gasteiger partial charge >= 0.3 is 0 Å². The minimum absolute atomic E-state index is 0.0317. The third kappa shape index (κ3) is 3.72. The highest BCUT2D eigenvalue weighted by Crippen LogP contribution is 2.22. The monoisotopic (exact) mass is 331 g/mol. The molecule has 23 heavy (non-hydrogen) atoms. The first-order valence-corrected chi connectivity index (χ1v) is 7.25. The van der Waals surface area contributed by atoms with Crippen LogP contribution in [0.3, 0.4) is 0 Å². The Balaban J connectivity index is 1.83. The lowest BCUT2D eigenvalue weighted by Crippen LogP contribution is -2.32. The molecule has 0 aliphatic heterocycles. The van der Waals surface area contributed by atoms with Crippen molar-refractivity contribution < 1.29 is 4.79 Å². The number of hydrogen-bond acceptors (Lipinski definition) is 5. The maximum absolute atomic E-state index is 12.3. The first kappa shape index (κ1) is 15.2. The molecule has 3 rings (SSSR count). The first-order valence-electron chi connectivity index (χ1n) is 6.87. The van der Waals surface area contributed by atoms with E-state index in [1.165, 1.54) is 11.0 Å². The number of rotatable bonds is 5. The predicted molar refractivity (Wildman–Crippen MR) is 82.5 cm³/mol. The van der Waals surface area contributed by atoms with Gasteiger partial charge in [-0.1, -0.05) is 23.7 Å². The second kappa shape index (κ2) is 6.57. The molecule has 2 aromatic heterocycles. The van der Waals surface area contributed by atoms with E-state index in [4.69, 9.17) is 11.6 Å². The minimum Gasteiger partial charge on any atom is -0.342 e. The molecule has 0 saturated carbocycles. The van der Waals surface area contributed by atoms with Crippen LogP contribution in [0.15, 0.2) is 42.9 Å². The van der Waals surface area contributed by atoms with Crippen LogP contribution >= 0.6 is 11.6 Å². The molecule has 9 heteroatoms. The average Bonchev–Trinajstić information content (AvgIpc) is 3.17. The highest BCUT2D eigenvalue weighted by Gasteiger charge is 2.19. The summed E-state index contributed by atoms with van der Waals surface area (Å²) in [6, 6.07) is 8.76. The fraction of sp³-hybridized carbons (Fsp3) is 0.214. The van der Waals surface area contributed by atoms with Gasteiger partial charge in [0.05, 0.1) is 11.7 Å². The molecule has 118 valence electrons. The van der Waals surface area contributed by atoms with Gasteiger partial charge in [-0.2, -0.15) is 5.10 Å². The molecule has 0 spiro atoms. The smallest absolute Gasteiger partial charge is 0.242 e. The number of benzene rings is 1. The van der Waals surface area contributed by atoms with Crippen molar-refractivity contribution in [1.82, 2.24) is 35.3 Å². The van der Waals surface area contributed by atoms with E-state index in [1.807, 2.05) is 31.4 Å². The Morgan fingerprint density at radius 1 is 1.30 bits per heavy atom. The van der Waals surface area contributed by atoms with Crippen LogP contribution in [0.1, 0.15) is 17.3 Å². The normalized spacial score (nSPS) is 12.1. The zero-order valence-electron chi connectivity index (χ0n) is 12.3. The Labute approximate surface area is 137 Å². The lowest BCUT2D eigenvalue weighted by atomic mass is 10.0. The molecule has 0 fully saturated rings. The molecular formula is C14H14ClN7O. The van der Waals surface area contributed by atoms with Crippen molar-refractivity contribution in [1.29, 1.82) is 0 Å². The zero-order valence-corrected chi connectivity index (χ0v) is 13.1. The van der Waals surface area contributed by atoms with Crippen molar-refractivity contribution in [2.45, 2.75) is 12.6 Å². The van der Waals surface area contributed by atoms with Crippen LogP contribution in [0.4, 0.5) is 0 Å². The van der Waals surface area contributed by atoms with Crippen molar-refractivity contribution in [2.24, 2.45) is 7.05 Å². The second-order valence-electron chi connectivity index (χ2n) is 4.97. The van der Waals surface area contributed by atoms with Gasteiger partial charge in [-0.25, -0.2) is 4.68 Å². The average molecular weight is 332 g/mol. The Kier molecular flexibility index (Phi) is 4.33. The van der Waals surface area contributed by atoms with E-state index < -0.39 is 0 Å².